The lowest BCUT2D eigenvalue weighted by atomic mass is 10.1. The summed E-state index contributed by atoms with van der Waals surface area (Å²) in [5.74, 6) is 1.01. The molecule has 184 valence electrons. The monoisotopic (exact) mass is 484 g/mol. The van der Waals surface area contributed by atoms with E-state index >= 15 is 0 Å². The number of nitrogens with zero attached hydrogens (tertiary/aromatic N) is 5. The number of likely N-dealkylation sites (tertiary alicyclic amines) is 1. The average Bonchev–Trinajstić information content (AvgIpc) is 3.45. The smallest absolute Gasteiger partial charge is 0.408 e. The van der Waals surface area contributed by atoms with Crippen molar-refractivity contribution < 1.29 is 17.9 Å². The number of rotatable bonds is 6. The summed E-state index contributed by atoms with van der Waals surface area (Å²) in [6.07, 6.45) is -2.30. The Balaban J connectivity index is 1.58. The van der Waals surface area contributed by atoms with Crippen molar-refractivity contribution >= 4 is 16.6 Å². The number of halogens is 3. The second-order valence-electron chi connectivity index (χ2n) is 9.12. The van der Waals surface area contributed by atoms with Crippen molar-refractivity contribution in [3.63, 3.8) is 0 Å². The highest BCUT2D eigenvalue weighted by molar-refractivity contribution is 5.86. The van der Waals surface area contributed by atoms with Crippen LogP contribution in [0.2, 0.25) is 0 Å². The molecule has 0 radical (unpaired) electrons. The van der Waals surface area contributed by atoms with Crippen LogP contribution in [0.25, 0.3) is 28.1 Å². The largest absolute Gasteiger partial charge is 0.489 e. The third-order valence-electron chi connectivity index (χ3n) is 6.32. The third kappa shape index (κ3) is 4.55. The molecule has 0 amide bonds. The van der Waals surface area contributed by atoms with E-state index in [2.05, 4.69) is 15.5 Å². The molecule has 0 bridgehead atoms. The molecule has 2 unspecified atom stereocenters. The predicted molar refractivity (Wildman–Crippen MR) is 127 cm³/mol. The van der Waals surface area contributed by atoms with Crippen LogP contribution in [-0.4, -0.2) is 62.9 Å². The zero-order chi connectivity index (χ0) is 24.7. The molecule has 0 aliphatic carbocycles. The molecular weight excluding hydrogens is 457 g/mol. The van der Waals surface area contributed by atoms with E-state index in [-0.39, 0.29) is 17.7 Å². The molecule has 0 saturated carbocycles. The van der Waals surface area contributed by atoms with Gasteiger partial charge in [-0.15, -0.1) is 10.2 Å². The first kappa shape index (κ1) is 23.5. The molecule has 10 heteroatoms. The minimum atomic E-state index is -4.42. The number of nitrogens with one attached hydrogen (secondary N) is 1. The molecule has 4 heterocycles. The van der Waals surface area contributed by atoms with E-state index in [1.165, 1.54) is 17.2 Å². The van der Waals surface area contributed by atoms with E-state index in [0.717, 1.165) is 5.39 Å². The summed E-state index contributed by atoms with van der Waals surface area (Å²) in [6, 6.07) is 10.8. The molecule has 2 atom stereocenters. The third-order valence-corrected chi connectivity index (χ3v) is 6.32. The van der Waals surface area contributed by atoms with E-state index in [9.17, 15) is 13.2 Å². The van der Waals surface area contributed by atoms with Gasteiger partial charge in [-0.25, -0.2) is 4.98 Å². The minimum Gasteiger partial charge on any atom is -0.489 e. The number of para-hydroxylation sites is 1. The van der Waals surface area contributed by atoms with Crippen molar-refractivity contribution in [1.82, 2.24) is 29.8 Å². The van der Waals surface area contributed by atoms with Gasteiger partial charge in [0, 0.05) is 30.7 Å². The fourth-order valence-electron chi connectivity index (χ4n) is 4.70. The highest BCUT2D eigenvalue weighted by atomic mass is 19.4. The van der Waals surface area contributed by atoms with Crippen molar-refractivity contribution in [2.75, 3.05) is 20.1 Å². The molecule has 1 saturated heterocycles. The summed E-state index contributed by atoms with van der Waals surface area (Å²) < 4.78 is 50.2. The first-order valence-corrected chi connectivity index (χ1v) is 11.6. The fraction of sp³-hybridized carbons (Fsp3) is 0.400. The number of hydrogen-bond acceptors (Lipinski definition) is 6. The topological polar surface area (TPSA) is 67.6 Å². The average molecular weight is 485 g/mol. The molecule has 1 aliphatic heterocycles. The van der Waals surface area contributed by atoms with Crippen LogP contribution in [0.1, 0.15) is 31.9 Å². The van der Waals surface area contributed by atoms with E-state index in [1.807, 2.05) is 38.1 Å². The van der Waals surface area contributed by atoms with Crippen LogP contribution >= 0.6 is 0 Å². The quantitative estimate of drug-likeness (QED) is 0.431. The Hall–Kier alpha value is -3.24. The van der Waals surface area contributed by atoms with Crippen molar-refractivity contribution in [2.24, 2.45) is 0 Å². The van der Waals surface area contributed by atoms with Gasteiger partial charge in [-0.2, -0.15) is 13.2 Å². The maximum Gasteiger partial charge on any atom is 0.408 e. The number of likely N-dealkylation sites (N-methyl/N-ethyl adjacent to an activating group) is 1. The van der Waals surface area contributed by atoms with Crippen LogP contribution in [0, 0.1) is 0 Å². The number of benzene rings is 1. The normalized spacial score (nSPS) is 18.1. The predicted octanol–water partition coefficient (Wildman–Crippen LogP) is 4.63. The number of aromatic nitrogens is 4. The minimum absolute atomic E-state index is 0.0325. The Morgan fingerprint density at radius 3 is 2.63 bits per heavy atom. The summed E-state index contributed by atoms with van der Waals surface area (Å²) in [4.78, 5) is 6.24. The number of pyridine rings is 2. The second kappa shape index (κ2) is 9.09. The maximum atomic E-state index is 14.2. The molecule has 0 spiro atoms. The first-order chi connectivity index (χ1) is 16.7. The van der Waals surface area contributed by atoms with Crippen molar-refractivity contribution in [1.29, 1.82) is 0 Å². The van der Waals surface area contributed by atoms with Gasteiger partial charge in [-0.3, -0.25) is 9.30 Å². The van der Waals surface area contributed by atoms with Crippen LogP contribution in [0.4, 0.5) is 13.2 Å². The lowest BCUT2D eigenvalue weighted by molar-refractivity contribution is -0.184. The number of fused-ring (bicyclic) bond motifs is 2. The lowest BCUT2D eigenvalue weighted by Crippen LogP contribution is -2.39. The van der Waals surface area contributed by atoms with Gasteiger partial charge in [0.25, 0.3) is 0 Å². The van der Waals surface area contributed by atoms with Gasteiger partial charge in [-0.1, -0.05) is 24.3 Å². The molecule has 7 nitrogen and oxygen atoms in total. The van der Waals surface area contributed by atoms with Crippen LogP contribution in [-0.2, 0) is 0 Å². The van der Waals surface area contributed by atoms with E-state index < -0.39 is 12.2 Å². The number of ether oxygens (including phenoxy) is 1. The molecule has 35 heavy (non-hydrogen) atoms. The number of hydrogen-bond donors (Lipinski definition) is 1. The van der Waals surface area contributed by atoms with Crippen molar-refractivity contribution in [3.05, 3.63) is 54.2 Å². The standard InChI is InChI=1S/C25H27F3N6O/c1-15(2)35-20-6-4-5-16-7-9-19(30-22(16)20)24-32-31-21-10-8-17(13-34(21)24)23(25(26,27)28)33-12-11-18(14-33)29-3/h4-10,13,15,18,23,29H,11-12,14H2,1-3H3. The van der Waals surface area contributed by atoms with Gasteiger partial charge < -0.3 is 10.1 Å². The fourth-order valence-corrected chi connectivity index (χ4v) is 4.70. The molecule has 4 aromatic rings. The zero-order valence-corrected chi connectivity index (χ0v) is 19.8. The zero-order valence-electron chi connectivity index (χ0n) is 19.8. The molecule has 1 aromatic carbocycles. The molecule has 1 fully saturated rings. The van der Waals surface area contributed by atoms with Crippen LogP contribution in [0.15, 0.2) is 48.7 Å². The number of alkyl halides is 3. The second-order valence-corrected chi connectivity index (χ2v) is 9.12. The van der Waals surface area contributed by atoms with Crippen molar-refractivity contribution in [2.45, 2.75) is 44.6 Å². The van der Waals surface area contributed by atoms with E-state index in [4.69, 9.17) is 9.72 Å². The highest BCUT2D eigenvalue weighted by Gasteiger charge is 2.46. The Kier molecular flexibility index (Phi) is 6.10. The van der Waals surface area contributed by atoms with Gasteiger partial charge in [0.2, 0.25) is 0 Å². The Labute approximate surface area is 200 Å². The molecule has 1 aliphatic rings. The van der Waals surface area contributed by atoms with Crippen LogP contribution in [0.5, 0.6) is 5.75 Å². The maximum absolute atomic E-state index is 14.2. The van der Waals surface area contributed by atoms with Crippen molar-refractivity contribution in [3.8, 4) is 17.3 Å². The van der Waals surface area contributed by atoms with Gasteiger partial charge in [0.15, 0.2) is 11.5 Å². The summed E-state index contributed by atoms with van der Waals surface area (Å²) in [6.45, 7) is 4.57. The summed E-state index contributed by atoms with van der Waals surface area (Å²) >= 11 is 0. The van der Waals surface area contributed by atoms with Gasteiger partial charge >= 0.3 is 6.18 Å². The summed E-state index contributed by atoms with van der Waals surface area (Å²) in [5, 5.41) is 12.4. The van der Waals surface area contributed by atoms with Crippen LogP contribution < -0.4 is 10.1 Å². The molecule has 1 N–H and O–H groups in total. The summed E-state index contributed by atoms with van der Waals surface area (Å²) in [5.41, 5.74) is 1.76. The Bertz CT molecular complexity index is 1350. The van der Waals surface area contributed by atoms with Gasteiger partial charge in [0.1, 0.15) is 23.0 Å². The van der Waals surface area contributed by atoms with Gasteiger partial charge in [0.05, 0.1) is 6.10 Å². The molecule has 5 rings (SSSR count). The SMILES string of the molecule is CNC1CCN(C(c2ccc3nnc(-c4ccc5cccc(OC(C)C)c5n4)n3c2)C(F)(F)F)C1. The molecular formula is C25H27F3N6O. The lowest BCUT2D eigenvalue weighted by Gasteiger charge is -2.30. The van der Waals surface area contributed by atoms with E-state index in [0.29, 0.717) is 47.9 Å². The summed E-state index contributed by atoms with van der Waals surface area (Å²) in [7, 11) is 1.78. The Morgan fingerprint density at radius 1 is 1.09 bits per heavy atom. The van der Waals surface area contributed by atoms with E-state index in [1.54, 1.807) is 23.6 Å². The Morgan fingerprint density at radius 2 is 1.91 bits per heavy atom. The van der Waals surface area contributed by atoms with Gasteiger partial charge in [-0.05, 0) is 51.1 Å². The highest BCUT2D eigenvalue weighted by Crippen LogP contribution is 2.39. The molecule has 3 aromatic heterocycles. The first-order valence-electron chi connectivity index (χ1n) is 11.6. The van der Waals surface area contributed by atoms with Crippen LogP contribution in [0.3, 0.4) is 0 Å².